The van der Waals surface area contributed by atoms with Crippen LogP contribution in [0.3, 0.4) is 0 Å². The van der Waals surface area contributed by atoms with Crippen LogP contribution in [-0.2, 0) is 4.79 Å². The fourth-order valence-electron chi connectivity index (χ4n) is 1.35. The van der Waals surface area contributed by atoms with E-state index in [1.807, 2.05) is 13.0 Å². The molecule has 1 unspecified atom stereocenters. The zero-order valence-electron chi connectivity index (χ0n) is 10.6. The maximum absolute atomic E-state index is 11.7. The van der Waals surface area contributed by atoms with Crippen molar-refractivity contribution in [3.8, 4) is 6.07 Å². The fraction of sp³-hybridized carbons (Fsp3) is 0.385. The van der Waals surface area contributed by atoms with Gasteiger partial charge in [-0.05, 0) is 38.2 Å². The van der Waals surface area contributed by atoms with Gasteiger partial charge in [0.15, 0.2) is 0 Å². The van der Waals surface area contributed by atoms with E-state index in [4.69, 9.17) is 10.4 Å². The zero-order valence-corrected chi connectivity index (χ0v) is 10.6. The van der Waals surface area contributed by atoms with Gasteiger partial charge in [-0.15, -0.1) is 0 Å². The number of hydrogen-bond donors (Lipinski definition) is 2. The number of hydrogen-bond acceptors (Lipinski definition) is 4. The molecule has 96 valence electrons. The molecule has 1 aromatic rings. The third kappa shape index (κ3) is 4.17. The number of amides is 1. The van der Waals surface area contributed by atoms with Gasteiger partial charge in [0.05, 0.1) is 24.8 Å². The fourth-order valence-corrected chi connectivity index (χ4v) is 1.35. The van der Waals surface area contributed by atoms with Crippen molar-refractivity contribution in [2.24, 2.45) is 0 Å². The number of rotatable bonds is 5. The van der Waals surface area contributed by atoms with E-state index in [0.29, 0.717) is 11.3 Å². The minimum absolute atomic E-state index is 0.0145. The molecular weight excluding hydrogens is 230 g/mol. The molecule has 0 saturated heterocycles. The summed E-state index contributed by atoms with van der Waals surface area (Å²) in [4.78, 5) is 13.5. The van der Waals surface area contributed by atoms with Crippen LogP contribution in [0, 0.1) is 11.3 Å². The summed E-state index contributed by atoms with van der Waals surface area (Å²) < 4.78 is 0. The molecule has 1 aromatic carbocycles. The highest BCUT2D eigenvalue weighted by molar-refractivity contribution is 5.92. The van der Waals surface area contributed by atoms with Gasteiger partial charge >= 0.3 is 0 Å². The zero-order chi connectivity index (χ0) is 13.5. The van der Waals surface area contributed by atoms with Crippen molar-refractivity contribution in [1.82, 2.24) is 4.90 Å². The number of carbonyl (C=O) groups is 1. The number of nitrogens with one attached hydrogen (secondary N) is 1. The second-order valence-corrected chi connectivity index (χ2v) is 4.18. The molecule has 0 heterocycles. The molecule has 0 aliphatic heterocycles. The molecule has 0 aromatic heterocycles. The molecule has 2 N–H and O–H groups in total. The molecule has 0 saturated carbocycles. The van der Waals surface area contributed by atoms with Gasteiger partial charge in [0.2, 0.25) is 5.91 Å². The lowest BCUT2D eigenvalue weighted by Gasteiger charge is -2.21. The molecule has 5 nitrogen and oxygen atoms in total. The monoisotopic (exact) mass is 247 g/mol. The summed E-state index contributed by atoms with van der Waals surface area (Å²) in [6.07, 6.45) is 0. The van der Waals surface area contributed by atoms with E-state index in [-0.39, 0.29) is 25.1 Å². The van der Waals surface area contributed by atoms with Crippen molar-refractivity contribution < 1.29 is 9.90 Å². The van der Waals surface area contributed by atoms with Crippen LogP contribution in [0.25, 0.3) is 0 Å². The molecule has 0 bridgehead atoms. The molecule has 1 amide bonds. The summed E-state index contributed by atoms with van der Waals surface area (Å²) >= 11 is 0. The van der Waals surface area contributed by atoms with Crippen LogP contribution in [0.1, 0.15) is 12.5 Å². The van der Waals surface area contributed by atoms with Gasteiger partial charge in [0.1, 0.15) is 0 Å². The minimum Gasteiger partial charge on any atom is -0.395 e. The summed E-state index contributed by atoms with van der Waals surface area (Å²) in [6.45, 7) is 2.07. The number of nitrogens with zero attached hydrogens (tertiary/aromatic N) is 2. The van der Waals surface area contributed by atoms with Crippen LogP contribution in [0.4, 0.5) is 5.69 Å². The van der Waals surface area contributed by atoms with Crippen molar-refractivity contribution >= 4 is 11.6 Å². The smallest absolute Gasteiger partial charge is 0.238 e. The predicted molar refractivity (Wildman–Crippen MR) is 69.0 cm³/mol. The van der Waals surface area contributed by atoms with E-state index >= 15 is 0 Å². The van der Waals surface area contributed by atoms with Gasteiger partial charge in [-0.2, -0.15) is 5.26 Å². The number of likely N-dealkylation sites (N-methyl/N-ethyl adjacent to an activating group) is 1. The van der Waals surface area contributed by atoms with Crippen LogP contribution in [-0.4, -0.2) is 42.2 Å². The Balaban J connectivity index is 2.52. The lowest BCUT2D eigenvalue weighted by Crippen LogP contribution is -2.38. The second-order valence-electron chi connectivity index (χ2n) is 4.18. The predicted octanol–water partition coefficient (Wildman–Crippen LogP) is 0.809. The first-order chi connectivity index (χ1) is 8.56. The van der Waals surface area contributed by atoms with Crippen molar-refractivity contribution in [3.63, 3.8) is 0 Å². The Labute approximate surface area is 107 Å². The summed E-state index contributed by atoms with van der Waals surface area (Å²) in [5.74, 6) is -0.150. The summed E-state index contributed by atoms with van der Waals surface area (Å²) in [7, 11) is 1.78. The van der Waals surface area contributed by atoms with E-state index in [1.165, 1.54) is 0 Å². The van der Waals surface area contributed by atoms with Crippen LogP contribution < -0.4 is 5.32 Å². The Kier molecular flexibility index (Phi) is 5.31. The van der Waals surface area contributed by atoms with Gasteiger partial charge in [0.25, 0.3) is 0 Å². The molecular formula is C13H17N3O2. The van der Waals surface area contributed by atoms with Crippen molar-refractivity contribution in [1.29, 1.82) is 5.26 Å². The largest absolute Gasteiger partial charge is 0.395 e. The number of aliphatic hydroxyl groups excluding tert-OH is 1. The number of aliphatic hydroxyl groups is 1. The normalized spacial score (nSPS) is 11.9. The van der Waals surface area contributed by atoms with Crippen LogP contribution in [0.5, 0.6) is 0 Å². The molecule has 1 rings (SSSR count). The van der Waals surface area contributed by atoms with Gasteiger partial charge in [0, 0.05) is 11.7 Å². The third-order valence-electron chi connectivity index (χ3n) is 2.71. The molecule has 0 aliphatic rings. The van der Waals surface area contributed by atoms with Crippen LogP contribution >= 0.6 is 0 Å². The molecule has 0 aliphatic carbocycles. The second kappa shape index (κ2) is 6.74. The van der Waals surface area contributed by atoms with E-state index in [9.17, 15) is 4.79 Å². The minimum atomic E-state index is -0.150. The molecule has 0 fully saturated rings. The van der Waals surface area contributed by atoms with Gasteiger partial charge in [-0.25, -0.2) is 0 Å². The molecule has 0 radical (unpaired) electrons. The number of carbonyl (C=O) groups excluding carboxylic acids is 1. The number of benzene rings is 1. The Morgan fingerprint density at radius 3 is 2.61 bits per heavy atom. The quantitative estimate of drug-likeness (QED) is 0.807. The van der Waals surface area contributed by atoms with E-state index in [1.54, 1.807) is 36.2 Å². The van der Waals surface area contributed by atoms with Crippen LogP contribution in [0.2, 0.25) is 0 Å². The average molecular weight is 247 g/mol. The van der Waals surface area contributed by atoms with E-state index in [0.717, 1.165) is 0 Å². The van der Waals surface area contributed by atoms with Gasteiger partial charge in [-0.1, -0.05) is 0 Å². The van der Waals surface area contributed by atoms with E-state index < -0.39 is 0 Å². The van der Waals surface area contributed by atoms with Gasteiger partial charge < -0.3 is 10.4 Å². The highest BCUT2D eigenvalue weighted by Gasteiger charge is 2.12. The first-order valence-corrected chi connectivity index (χ1v) is 5.68. The first-order valence-electron chi connectivity index (χ1n) is 5.68. The summed E-state index contributed by atoms with van der Waals surface area (Å²) in [5, 5.41) is 20.3. The highest BCUT2D eigenvalue weighted by atomic mass is 16.3. The maximum atomic E-state index is 11.7. The third-order valence-corrected chi connectivity index (χ3v) is 2.71. The number of anilines is 1. The topological polar surface area (TPSA) is 76.4 Å². The highest BCUT2D eigenvalue weighted by Crippen LogP contribution is 2.08. The standard InChI is InChI=1S/C13H17N3O2/c1-10(9-17)16(2)8-13(18)15-12-5-3-11(7-14)4-6-12/h3-6,10,17H,8-9H2,1-2H3,(H,15,18). The molecule has 0 spiro atoms. The Hall–Kier alpha value is -1.90. The average Bonchev–Trinajstić information content (AvgIpc) is 2.38. The number of nitriles is 1. The molecule has 5 heteroatoms. The lowest BCUT2D eigenvalue weighted by molar-refractivity contribution is -0.117. The molecule has 1 atom stereocenters. The first kappa shape index (κ1) is 14.2. The Bertz CT molecular complexity index is 437. The van der Waals surface area contributed by atoms with Crippen molar-refractivity contribution in [2.75, 3.05) is 25.5 Å². The maximum Gasteiger partial charge on any atom is 0.238 e. The van der Waals surface area contributed by atoms with E-state index in [2.05, 4.69) is 5.32 Å². The van der Waals surface area contributed by atoms with Crippen LogP contribution in [0.15, 0.2) is 24.3 Å². The summed E-state index contributed by atoms with van der Waals surface area (Å²) in [6, 6.07) is 8.62. The van der Waals surface area contributed by atoms with Gasteiger partial charge in [-0.3, -0.25) is 9.69 Å². The molecule has 18 heavy (non-hydrogen) atoms. The van der Waals surface area contributed by atoms with Crippen molar-refractivity contribution in [2.45, 2.75) is 13.0 Å². The summed E-state index contributed by atoms with van der Waals surface area (Å²) in [5.41, 5.74) is 1.21. The lowest BCUT2D eigenvalue weighted by atomic mass is 10.2. The Morgan fingerprint density at radius 1 is 1.50 bits per heavy atom. The van der Waals surface area contributed by atoms with Crippen molar-refractivity contribution in [3.05, 3.63) is 29.8 Å². The SMILES string of the molecule is CC(CO)N(C)CC(=O)Nc1ccc(C#N)cc1. The Morgan fingerprint density at radius 2 is 2.11 bits per heavy atom.